The molecule has 0 amide bonds. The molecule has 0 spiro atoms. The Bertz CT molecular complexity index is 1210. The highest BCUT2D eigenvalue weighted by Crippen LogP contribution is 2.51. The van der Waals surface area contributed by atoms with Crippen molar-refractivity contribution in [3.63, 3.8) is 0 Å². The Balaban J connectivity index is 1.65. The van der Waals surface area contributed by atoms with E-state index in [9.17, 15) is 4.79 Å². The molecule has 0 radical (unpaired) electrons. The van der Waals surface area contributed by atoms with Gasteiger partial charge in [0.15, 0.2) is 0 Å². The summed E-state index contributed by atoms with van der Waals surface area (Å²) in [6.45, 7) is 3.09. The first-order valence-electron chi connectivity index (χ1n) is 9.54. The van der Waals surface area contributed by atoms with E-state index in [1.807, 2.05) is 18.3 Å². The highest BCUT2D eigenvalue weighted by molar-refractivity contribution is 7.25. The van der Waals surface area contributed by atoms with Gasteiger partial charge >= 0.3 is 0 Å². The first-order valence-corrected chi connectivity index (χ1v) is 10.4. The number of anilines is 1. The Hall–Kier alpha value is -2.51. The van der Waals surface area contributed by atoms with Crippen molar-refractivity contribution < 1.29 is 4.74 Å². The van der Waals surface area contributed by atoms with Crippen molar-refractivity contribution in [2.45, 2.75) is 25.4 Å². The van der Waals surface area contributed by atoms with Crippen molar-refractivity contribution in [1.82, 2.24) is 14.5 Å². The summed E-state index contributed by atoms with van der Waals surface area (Å²) in [5.74, 6) is 0.332. The van der Waals surface area contributed by atoms with E-state index >= 15 is 0 Å². The molecule has 0 N–H and O–H groups in total. The predicted octanol–water partition coefficient (Wildman–Crippen LogP) is 3.67. The molecule has 7 heteroatoms. The number of aromatic nitrogens is 3. The third-order valence-electron chi connectivity index (χ3n) is 5.80. The van der Waals surface area contributed by atoms with Crippen LogP contribution in [0.3, 0.4) is 0 Å². The number of fused-ring (bicyclic) bond motifs is 4. The number of pyridine rings is 1. The molecular weight excluding hydrogens is 372 g/mol. The molecule has 2 atom stereocenters. The van der Waals surface area contributed by atoms with Crippen LogP contribution in [-0.4, -0.2) is 40.8 Å². The highest BCUT2D eigenvalue weighted by Gasteiger charge is 2.53. The van der Waals surface area contributed by atoms with Crippen LogP contribution in [0, 0.1) is 5.92 Å². The van der Waals surface area contributed by atoms with E-state index in [2.05, 4.69) is 41.0 Å². The number of rotatable bonds is 5. The maximum Gasteiger partial charge on any atom is 0.275 e. The number of ether oxygens (including phenoxy) is 1. The first kappa shape index (κ1) is 17.6. The molecule has 6 nitrogen and oxygen atoms in total. The first-order chi connectivity index (χ1) is 13.6. The van der Waals surface area contributed by atoms with Crippen molar-refractivity contribution in [2.75, 3.05) is 25.6 Å². The van der Waals surface area contributed by atoms with Crippen LogP contribution in [0.4, 0.5) is 5.69 Å². The van der Waals surface area contributed by atoms with E-state index in [-0.39, 0.29) is 11.2 Å². The maximum atomic E-state index is 13.3. The molecule has 3 aromatic rings. The lowest BCUT2D eigenvalue weighted by molar-refractivity contribution is 0.112. The van der Waals surface area contributed by atoms with Crippen molar-refractivity contribution in [3.8, 4) is 0 Å². The summed E-state index contributed by atoms with van der Waals surface area (Å²) in [4.78, 5) is 25.5. The van der Waals surface area contributed by atoms with E-state index in [1.165, 1.54) is 11.3 Å². The number of nitrogens with zero attached hydrogens (tertiary/aromatic N) is 4. The van der Waals surface area contributed by atoms with E-state index in [4.69, 9.17) is 4.74 Å². The number of hydrogen-bond acceptors (Lipinski definition) is 6. The number of hydrogen-bond donors (Lipinski definition) is 0. The summed E-state index contributed by atoms with van der Waals surface area (Å²) in [6.07, 6.45) is 11.6. The van der Waals surface area contributed by atoms with Crippen LogP contribution in [0.2, 0.25) is 0 Å². The van der Waals surface area contributed by atoms with E-state index in [1.54, 1.807) is 18.0 Å². The fourth-order valence-electron chi connectivity index (χ4n) is 4.12. The van der Waals surface area contributed by atoms with Crippen molar-refractivity contribution in [1.29, 1.82) is 0 Å². The SMILES string of the molecule is CCCN(C)c1ccnc2sc3c(=O)n(C4=CC5CC5(OC)C=C4)cnc3c12. The molecule has 1 fully saturated rings. The molecule has 28 heavy (non-hydrogen) atoms. The fourth-order valence-corrected chi connectivity index (χ4v) is 5.17. The lowest BCUT2D eigenvalue weighted by Gasteiger charge is -2.19. The van der Waals surface area contributed by atoms with E-state index in [0.29, 0.717) is 10.6 Å². The largest absolute Gasteiger partial charge is 0.374 e. The summed E-state index contributed by atoms with van der Waals surface area (Å²) in [6, 6.07) is 2.00. The average molecular weight is 395 g/mol. The van der Waals surface area contributed by atoms with Crippen molar-refractivity contribution >= 4 is 43.2 Å². The summed E-state index contributed by atoms with van der Waals surface area (Å²) in [5.41, 5.74) is 2.47. The van der Waals surface area contributed by atoms with Crippen LogP contribution in [0.25, 0.3) is 26.1 Å². The second-order valence-electron chi connectivity index (χ2n) is 7.53. The molecule has 3 aromatic heterocycles. The summed E-state index contributed by atoms with van der Waals surface area (Å²) in [5, 5.41) is 0.969. The van der Waals surface area contributed by atoms with Gasteiger partial charge in [-0.2, -0.15) is 0 Å². The van der Waals surface area contributed by atoms with E-state index in [0.717, 1.165) is 46.5 Å². The minimum atomic E-state index is -0.162. The fraction of sp³-hybridized carbons (Fsp3) is 0.381. The zero-order valence-electron chi connectivity index (χ0n) is 16.2. The summed E-state index contributed by atoms with van der Waals surface area (Å²) in [7, 11) is 3.80. The van der Waals surface area contributed by atoms with Crippen LogP contribution in [0.5, 0.6) is 0 Å². The van der Waals surface area contributed by atoms with Gasteiger partial charge in [-0.05, 0) is 25.0 Å². The normalized spacial score (nSPS) is 23.1. The minimum Gasteiger partial charge on any atom is -0.374 e. The molecule has 0 bridgehead atoms. The Labute approximate surface area is 166 Å². The molecule has 3 heterocycles. The van der Waals surface area contributed by atoms with Crippen LogP contribution in [0.15, 0.2) is 41.6 Å². The molecule has 0 saturated heterocycles. The number of methoxy groups -OCH3 is 1. The number of allylic oxidation sites excluding steroid dienone is 2. The second kappa shape index (κ2) is 6.25. The third-order valence-corrected chi connectivity index (χ3v) is 6.88. The molecule has 1 saturated carbocycles. The predicted molar refractivity (Wildman–Crippen MR) is 114 cm³/mol. The van der Waals surface area contributed by atoms with Crippen LogP contribution in [0.1, 0.15) is 19.8 Å². The molecule has 144 valence electrons. The summed E-state index contributed by atoms with van der Waals surface area (Å²) < 4.78 is 7.88. The molecule has 0 aliphatic heterocycles. The van der Waals surface area contributed by atoms with Gasteiger partial charge in [-0.25, -0.2) is 9.97 Å². The van der Waals surface area contributed by atoms with Gasteiger partial charge in [0.05, 0.1) is 16.7 Å². The lowest BCUT2D eigenvalue weighted by Crippen LogP contribution is -2.21. The van der Waals surface area contributed by atoms with Gasteiger partial charge in [-0.1, -0.05) is 19.1 Å². The molecule has 2 aliphatic rings. The van der Waals surface area contributed by atoms with Gasteiger partial charge < -0.3 is 9.64 Å². The van der Waals surface area contributed by atoms with Crippen LogP contribution in [-0.2, 0) is 4.74 Å². The van der Waals surface area contributed by atoms with Gasteiger partial charge in [0.1, 0.15) is 21.4 Å². The zero-order valence-corrected chi connectivity index (χ0v) is 17.0. The van der Waals surface area contributed by atoms with Gasteiger partial charge in [0.25, 0.3) is 5.56 Å². The zero-order chi connectivity index (χ0) is 19.5. The highest BCUT2D eigenvalue weighted by atomic mass is 32.1. The van der Waals surface area contributed by atoms with Gasteiger partial charge in [-0.15, -0.1) is 11.3 Å². The standard InChI is InChI=1S/C21H22N4O2S/c1-4-9-24(2)15-6-8-22-19-16(15)17-18(28-19)20(26)25(12-23-17)14-5-7-21(27-3)11-13(21)10-14/h5-8,10,12-13H,4,9,11H2,1-3H3. The summed E-state index contributed by atoms with van der Waals surface area (Å²) >= 11 is 1.42. The minimum absolute atomic E-state index is 0.0430. The molecule has 2 unspecified atom stereocenters. The van der Waals surface area contributed by atoms with E-state index < -0.39 is 0 Å². The monoisotopic (exact) mass is 394 g/mol. The molecular formula is C21H22N4O2S. The van der Waals surface area contributed by atoms with Crippen LogP contribution >= 0.6 is 11.3 Å². The quantitative estimate of drug-likeness (QED) is 0.661. The molecule has 0 aromatic carbocycles. The van der Waals surface area contributed by atoms with Crippen LogP contribution < -0.4 is 10.5 Å². The lowest BCUT2D eigenvalue weighted by atomic mass is 10.1. The van der Waals surface area contributed by atoms with Gasteiger partial charge in [0.2, 0.25) is 0 Å². The number of thiophene rings is 1. The topological polar surface area (TPSA) is 60.2 Å². The Morgan fingerprint density at radius 1 is 1.43 bits per heavy atom. The second-order valence-corrected chi connectivity index (χ2v) is 8.52. The smallest absolute Gasteiger partial charge is 0.275 e. The van der Waals surface area contributed by atoms with Crippen molar-refractivity contribution in [2.24, 2.45) is 5.92 Å². The Morgan fingerprint density at radius 3 is 3.04 bits per heavy atom. The third kappa shape index (κ3) is 2.46. The molecule has 5 rings (SSSR count). The maximum absolute atomic E-state index is 13.3. The Kier molecular flexibility index (Phi) is 3.93. The van der Waals surface area contributed by atoms with Crippen molar-refractivity contribution in [3.05, 3.63) is 47.2 Å². The average Bonchev–Trinajstić information content (AvgIpc) is 3.31. The molecule has 2 aliphatic carbocycles. The Morgan fingerprint density at radius 2 is 2.29 bits per heavy atom. The van der Waals surface area contributed by atoms with Gasteiger partial charge in [0, 0.05) is 38.5 Å². The van der Waals surface area contributed by atoms with Gasteiger partial charge in [-0.3, -0.25) is 9.36 Å².